The van der Waals surface area contributed by atoms with Crippen molar-refractivity contribution in [2.75, 3.05) is 18.0 Å². The number of nitrogens with two attached hydrogens (primary N) is 1. The standard InChI is InChI=1S/C36H44N8O3/c1-23-9-11-24(12-10-23)38-32(21-31(37)36(2,3)4)40-34(46)39-29-14-15-30(28-8-6-5-7-27(28)29)47-26-13-16-33-41-42-35(44(33)22-26)43-19-17-25(45)18-20-43/h5-13,16,21-22,25,29-30,45H,14-15,17-20,37H2,1-4H3,(H2,38,39,40,46)/b31-21-/t29-,30+/m0/s1. The summed E-state index contributed by atoms with van der Waals surface area (Å²) in [5, 5.41) is 24.8. The predicted octanol–water partition coefficient (Wildman–Crippen LogP) is 5.87. The van der Waals surface area contributed by atoms with Gasteiger partial charge in [-0.2, -0.15) is 0 Å². The van der Waals surface area contributed by atoms with E-state index in [9.17, 15) is 9.90 Å². The molecule has 11 nitrogen and oxygen atoms in total. The van der Waals surface area contributed by atoms with Gasteiger partial charge >= 0.3 is 6.03 Å². The highest BCUT2D eigenvalue weighted by molar-refractivity contribution is 6.05. The van der Waals surface area contributed by atoms with Gasteiger partial charge in [-0.3, -0.25) is 9.72 Å². The Labute approximate surface area is 275 Å². The summed E-state index contributed by atoms with van der Waals surface area (Å²) in [4.78, 5) is 20.3. The van der Waals surface area contributed by atoms with E-state index in [2.05, 4.69) is 36.8 Å². The van der Waals surface area contributed by atoms with Crippen LogP contribution in [0.3, 0.4) is 0 Å². The van der Waals surface area contributed by atoms with Crippen LogP contribution in [0.4, 0.5) is 16.4 Å². The fourth-order valence-electron chi connectivity index (χ4n) is 5.93. The lowest BCUT2D eigenvalue weighted by Gasteiger charge is -2.32. The Morgan fingerprint density at radius 3 is 2.45 bits per heavy atom. The summed E-state index contributed by atoms with van der Waals surface area (Å²) in [5.41, 5.74) is 11.3. The summed E-state index contributed by atoms with van der Waals surface area (Å²) in [6.07, 6.45) is 6.02. The first kappa shape index (κ1) is 32.1. The molecule has 0 spiro atoms. The number of fused-ring (bicyclic) bond motifs is 2. The molecule has 1 saturated heterocycles. The third kappa shape index (κ3) is 7.57. The summed E-state index contributed by atoms with van der Waals surface area (Å²) in [7, 11) is 0. The summed E-state index contributed by atoms with van der Waals surface area (Å²) in [6, 6.07) is 19.1. The van der Waals surface area contributed by atoms with Gasteiger partial charge in [0, 0.05) is 30.3 Å². The maximum absolute atomic E-state index is 13.4. The van der Waals surface area contributed by atoms with Gasteiger partial charge in [0.05, 0.1) is 24.0 Å². The third-order valence-corrected chi connectivity index (χ3v) is 8.81. The van der Waals surface area contributed by atoms with E-state index >= 15 is 0 Å². The second-order valence-corrected chi connectivity index (χ2v) is 13.5. The van der Waals surface area contributed by atoms with Crippen LogP contribution in [-0.2, 0) is 0 Å². The van der Waals surface area contributed by atoms with Crippen LogP contribution in [0.2, 0.25) is 0 Å². The number of nitrogens with one attached hydrogen (secondary N) is 2. The molecule has 47 heavy (non-hydrogen) atoms. The largest absolute Gasteiger partial charge is 0.484 e. The van der Waals surface area contributed by atoms with Gasteiger partial charge < -0.3 is 25.8 Å². The fraction of sp³-hybridized carbons (Fsp3) is 0.389. The van der Waals surface area contributed by atoms with Crippen molar-refractivity contribution in [2.24, 2.45) is 16.1 Å². The molecular formula is C36H44N8O3. The molecular weight excluding hydrogens is 592 g/mol. The number of urea groups is 1. The van der Waals surface area contributed by atoms with Crippen LogP contribution in [0.5, 0.6) is 5.75 Å². The molecule has 2 aliphatic rings. The second-order valence-electron chi connectivity index (χ2n) is 13.5. The van der Waals surface area contributed by atoms with Crippen molar-refractivity contribution >= 4 is 29.1 Å². The van der Waals surface area contributed by atoms with E-state index in [1.807, 2.05) is 92.9 Å². The number of aromatic nitrogens is 3. The van der Waals surface area contributed by atoms with Gasteiger partial charge in [0.1, 0.15) is 17.7 Å². The number of nitrogens with zero attached hydrogens (tertiary/aromatic N) is 5. The van der Waals surface area contributed by atoms with Crippen LogP contribution in [0.25, 0.3) is 5.65 Å². The van der Waals surface area contributed by atoms with Gasteiger partial charge in [-0.1, -0.05) is 62.7 Å². The minimum atomic E-state index is -0.358. The van der Waals surface area contributed by atoms with Crippen LogP contribution >= 0.6 is 0 Å². The van der Waals surface area contributed by atoms with Crippen molar-refractivity contribution < 1.29 is 14.6 Å². The number of amidine groups is 1. The van der Waals surface area contributed by atoms with Crippen molar-refractivity contribution in [3.05, 3.63) is 95.3 Å². The van der Waals surface area contributed by atoms with Gasteiger partial charge in [-0.25, -0.2) is 9.79 Å². The fourth-order valence-corrected chi connectivity index (χ4v) is 5.93. The Morgan fingerprint density at radius 2 is 1.72 bits per heavy atom. The lowest BCUT2D eigenvalue weighted by molar-refractivity contribution is 0.145. The molecule has 11 heteroatoms. The molecule has 2 aromatic heterocycles. The number of carbonyl (C=O) groups is 1. The molecule has 0 unspecified atom stereocenters. The number of rotatable bonds is 6. The lowest BCUT2D eigenvalue weighted by atomic mass is 9.85. The number of hydrogen-bond donors (Lipinski definition) is 4. The van der Waals surface area contributed by atoms with Crippen LogP contribution in [0.1, 0.15) is 75.3 Å². The summed E-state index contributed by atoms with van der Waals surface area (Å²) >= 11 is 0. The molecule has 5 N–H and O–H groups in total. The van der Waals surface area contributed by atoms with Crippen LogP contribution in [0.15, 0.2) is 83.6 Å². The number of aliphatic hydroxyl groups is 1. The number of allylic oxidation sites excluding steroid dienone is 1. The SMILES string of the molecule is Cc1ccc(N=C(/C=C(\N)C(C)(C)C)NC(=O)N[C@H]2CC[C@@H](Oc3ccc4nnc(N5CCC(O)CC5)n4c3)c3ccccc32)cc1. The van der Waals surface area contributed by atoms with Crippen molar-refractivity contribution in [3.8, 4) is 5.75 Å². The molecule has 2 amide bonds. The average Bonchev–Trinajstić information content (AvgIpc) is 3.46. The van der Waals surface area contributed by atoms with E-state index in [4.69, 9.17) is 10.5 Å². The molecule has 2 aromatic carbocycles. The number of amides is 2. The highest BCUT2D eigenvalue weighted by Gasteiger charge is 2.30. The van der Waals surface area contributed by atoms with E-state index in [0.29, 0.717) is 43.0 Å². The number of anilines is 1. The van der Waals surface area contributed by atoms with Crippen molar-refractivity contribution in [1.82, 2.24) is 25.2 Å². The Hall–Kier alpha value is -4.90. The number of piperidine rings is 1. The third-order valence-electron chi connectivity index (χ3n) is 8.81. The van der Waals surface area contributed by atoms with E-state index < -0.39 is 0 Å². The first-order chi connectivity index (χ1) is 22.5. The van der Waals surface area contributed by atoms with Gasteiger partial charge in [0.2, 0.25) is 5.95 Å². The quantitative estimate of drug-likeness (QED) is 0.153. The zero-order chi connectivity index (χ0) is 33.1. The molecule has 1 aliphatic carbocycles. The second kappa shape index (κ2) is 13.4. The number of benzene rings is 2. The number of aliphatic hydroxyl groups excluding tert-OH is 1. The van der Waals surface area contributed by atoms with E-state index in [1.54, 1.807) is 6.08 Å². The Bertz CT molecular complexity index is 1780. The predicted molar refractivity (Wildman–Crippen MR) is 184 cm³/mol. The first-order valence-corrected chi connectivity index (χ1v) is 16.3. The van der Waals surface area contributed by atoms with Crippen molar-refractivity contribution in [2.45, 2.75) is 71.6 Å². The summed E-state index contributed by atoms with van der Waals surface area (Å²) in [5.74, 6) is 1.83. The van der Waals surface area contributed by atoms with Crippen molar-refractivity contribution in [1.29, 1.82) is 0 Å². The number of hydrogen-bond acceptors (Lipinski definition) is 8. The monoisotopic (exact) mass is 636 g/mol. The number of ether oxygens (including phenoxy) is 1. The van der Waals surface area contributed by atoms with E-state index in [0.717, 1.165) is 47.1 Å². The topological polar surface area (TPSA) is 142 Å². The van der Waals surface area contributed by atoms with Gasteiger partial charge in [0.25, 0.3) is 0 Å². The molecule has 0 bridgehead atoms. The van der Waals surface area contributed by atoms with Crippen LogP contribution in [0, 0.1) is 12.3 Å². The average molecular weight is 637 g/mol. The molecule has 1 fully saturated rings. The minimum absolute atomic E-state index is 0.192. The molecule has 246 valence electrons. The molecule has 1 aliphatic heterocycles. The molecule has 2 atom stereocenters. The lowest BCUT2D eigenvalue weighted by Crippen LogP contribution is -2.42. The van der Waals surface area contributed by atoms with Crippen LogP contribution < -0.4 is 26.0 Å². The molecule has 6 rings (SSSR count). The normalized spacial score (nSPS) is 19.4. The Balaban J connectivity index is 1.18. The summed E-state index contributed by atoms with van der Waals surface area (Å²) in [6.45, 7) is 9.53. The van der Waals surface area contributed by atoms with Gasteiger partial charge in [-0.05, 0) is 68.0 Å². The van der Waals surface area contributed by atoms with Crippen LogP contribution in [-0.4, -0.2) is 50.8 Å². The number of aryl methyl sites for hydroxylation is 1. The zero-order valence-electron chi connectivity index (χ0n) is 27.5. The number of aliphatic imine (C=N–C) groups is 1. The van der Waals surface area contributed by atoms with Gasteiger partial charge in [0.15, 0.2) is 5.65 Å². The first-order valence-electron chi connectivity index (χ1n) is 16.3. The zero-order valence-corrected chi connectivity index (χ0v) is 27.5. The summed E-state index contributed by atoms with van der Waals surface area (Å²) < 4.78 is 8.53. The highest BCUT2D eigenvalue weighted by Crippen LogP contribution is 2.39. The maximum atomic E-state index is 13.4. The molecule has 3 heterocycles. The minimum Gasteiger partial charge on any atom is -0.484 e. The number of carbonyl (C=O) groups excluding carboxylic acids is 1. The molecule has 0 radical (unpaired) electrons. The Kier molecular flexibility index (Phi) is 9.17. The number of pyridine rings is 1. The maximum Gasteiger partial charge on any atom is 0.320 e. The van der Waals surface area contributed by atoms with Gasteiger partial charge in [-0.15, -0.1) is 10.2 Å². The molecule has 0 saturated carbocycles. The molecule has 4 aromatic rings. The van der Waals surface area contributed by atoms with Crippen molar-refractivity contribution in [3.63, 3.8) is 0 Å². The smallest absolute Gasteiger partial charge is 0.320 e. The van der Waals surface area contributed by atoms with E-state index in [-0.39, 0.29) is 29.7 Å². The highest BCUT2D eigenvalue weighted by atomic mass is 16.5. The Morgan fingerprint density at radius 1 is 1.00 bits per heavy atom. The van der Waals surface area contributed by atoms with E-state index in [1.165, 1.54) is 0 Å².